The fraction of sp³-hybridized carbons (Fsp3) is 0.500. The van der Waals surface area contributed by atoms with Crippen molar-refractivity contribution in [2.24, 2.45) is 5.92 Å². The molecule has 11 heavy (non-hydrogen) atoms. The molecule has 0 rings (SSSR count). The molecule has 0 fully saturated rings. The smallest absolute Gasteiger partial charge is 0.348 e. The van der Waals surface area contributed by atoms with Crippen molar-refractivity contribution >= 4 is 5.97 Å². The van der Waals surface area contributed by atoms with Gasteiger partial charge in [0.05, 0.1) is 7.11 Å². The number of hydrogen-bond donors (Lipinski definition) is 0. The van der Waals surface area contributed by atoms with Crippen molar-refractivity contribution in [2.45, 2.75) is 13.8 Å². The zero-order valence-corrected chi connectivity index (χ0v) is 6.92. The minimum Gasteiger partial charge on any atom is -0.465 e. The molecule has 0 amide bonds. The van der Waals surface area contributed by atoms with E-state index in [0.717, 1.165) is 0 Å². The van der Waals surface area contributed by atoms with E-state index in [2.05, 4.69) is 4.74 Å². The first kappa shape index (κ1) is 9.70. The van der Waals surface area contributed by atoms with Gasteiger partial charge in [-0.25, -0.2) is 4.79 Å². The molecule has 0 aromatic carbocycles. The average molecular weight is 153 g/mol. The van der Waals surface area contributed by atoms with E-state index in [4.69, 9.17) is 5.26 Å². The summed E-state index contributed by atoms with van der Waals surface area (Å²) in [5, 5.41) is 8.46. The van der Waals surface area contributed by atoms with E-state index in [0.29, 0.717) is 0 Å². The van der Waals surface area contributed by atoms with Gasteiger partial charge in [0.25, 0.3) is 0 Å². The van der Waals surface area contributed by atoms with E-state index in [9.17, 15) is 4.79 Å². The van der Waals surface area contributed by atoms with Crippen LogP contribution in [0.3, 0.4) is 0 Å². The Bertz CT molecular complexity index is 211. The molecule has 0 N–H and O–H groups in total. The van der Waals surface area contributed by atoms with Crippen LogP contribution in [0.25, 0.3) is 0 Å². The Hall–Kier alpha value is -1.30. The van der Waals surface area contributed by atoms with E-state index >= 15 is 0 Å². The normalized spacial score (nSPS) is 11.0. The van der Waals surface area contributed by atoms with Crippen LogP contribution in [-0.2, 0) is 9.53 Å². The van der Waals surface area contributed by atoms with Crippen molar-refractivity contribution in [2.75, 3.05) is 7.11 Å². The zero-order valence-electron chi connectivity index (χ0n) is 6.92. The zero-order chi connectivity index (χ0) is 8.85. The predicted molar refractivity (Wildman–Crippen MR) is 40.6 cm³/mol. The van der Waals surface area contributed by atoms with E-state index in [1.165, 1.54) is 7.11 Å². The van der Waals surface area contributed by atoms with Crippen molar-refractivity contribution in [1.82, 2.24) is 0 Å². The Morgan fingerprint density at radius 2 is 2.18 bits per heavy atom. The van der Waals surface area contributed by atoms with Gasteiger partial charge >= 0.3 is 5.97 Å². The molecule has 60 valence electrons. The van der Waals surface area contributed by atoms with E-state index in [1.54, 1.807) is 12.1 Å². The number of nitriles is 1. The molecule has 0 aromatic rings. The molecule has 3 nitrogen and oxygen atoms in total. The molecule has 0 saturated heterocycles. The van der Waals surface area contributed by atoms with Crippen LogP contribution < -0.4 is 0 Å². The number of nitrogens with zero attached hydrogens (tertiary/aromatic N) is 1. The highest BCUT2D eigenvalue weighted by Crippen LogP contribution is 2.02. The SMILES string of the molecule is COC(=O)/C(C#N)=C\C(C)C. The van der Waals surface area contributed by atoms with Gasteiger partial charge in [0, 0.05) is 0 Å². The lowest BCUT2D eigenvalue weighted by molar-refractivity contribution is -0.135. The number of allylic oxidation sites excluding steroid dienone is 1. The summed E-state index contributed by atoms with van der Waals surface area (Å²) in [6.45, 7) is 3.78. The maximum Gasteiger partial charge on any atom is 0.348 e. The van der Waals surface area contributed by atoms with Crippen molar-refractivity contribution < 1.29 is 9.53 Å². The molecular weight excluding hydrogens is 142 g/mol. The summed E-state index contributed by atoms with van der Waals surface area (Å²) < 4.78 is 4.37. The molecule has 0 spiro atoms. The summed E-state index contributed by atoms with van der Waals surface area (Å²) in [7, 11) is 1.26. The maximum atomic E-state index is 10.8. The molecule has 0 saturated carbocycles. The minimum atomic E-state index is -0.568. The second-order valence-corrected chi connectivity index (χ2v) is 2.43. The van der Waals surface area contributed by atoms with Gasteiger partial charge in [-0.15, -0.1) is 0 Å². The van der Waals surface area contributed by atoms with Gasteiger partial charge in [-0.2, -0.15) is 5.26 Å². The van der Waals surface area contributed by atoms with Crippen LogP contribution >= 0.6 is 0 Å². The van der Waals surface area contributed by atoms with Gasteiger partial charge in [0.2, 0.25) is 0 Å². The van der Waals surface area contributed by atoms with Crippen molar-refractivity contribution in [3.05, 3.63) is 11.6 Å². The lowest BCUT2D eigenvalue weighted by Gasteiger charge is -1.97. The fourth-order valence-electron chi connectivity index (χ4n) is 0.594. The number of ether oxygens (including phenoxy) is 1. The van der Waals surface area contributed by atoms with Crippen LogP contribution in [0.15, 0.2) is 11.6 Å². The Labute approximate surface area is 66.3 Å². The van der Waals surface area contributed by atoms with Crippen LogP contribution in [0.4, 0.5) is 0 Å². The molecule has 0 unspecified atom stereocenters. The predicted octanol–water partition coefficient (Wildman–Crippen LogP) is 1.27. The van der Waals surface area contributed by atoms with Crippen LogP contribution in [0.5, 0.6) is 0 Å². The minimum absolute atomic E-state index is 0.0718. The molecule has 0 aliphatic heterocycles. The number of esters is 1. The maximum absolute atomic E-state index is 10.8. The first-order chi connectivity index (χ1) is 5.11. The van der Waals surface area contributed by atoms with Crippen molar-refractivity contribution in [3.63, 3.8) is 0 Å². The molecule has 0 atom stereocenters. The highest BCUT2D eigenvalue weighted by atomic mass is 16.5. The monoisotopic (exact) mass is 153 g/mol. The molecule has 0 bridgehead atoms. The van der Waals surface area contributed by atoms with Gasteiger partial charge in [-0.3, -0.25) is 0 Å². The summed E-state index contributed by atoms with van der Waals surface area (Å²) in [6.07, 6.45) is 1.58. The number of carbonyl (C=O) groups is 1. The summed E-state index contributed by atoms with van der Waals surface area (Å²) in [5.74, 6) is -0.384. The van der Waals surface area contributed by atoms with Gasteiger partial charge in [-0.1, -0.05) is 19.9 Å². The molecule has 0 aliphatic carbocycles. The lowest BCUT2D eigenvalue weighted by Crippen LogP contribution is -2.03. The number of methoxy groups -OCH3 is 1. The number of carbonyl (C=O) groups excluding carboxylic acids is 1. The van der Waals surface area contributed by atoms with Gasteiger partial charge < -0.3 is 4.74 Å². The third-order valence-corrected chi connectivity index (χ3v) is 1.03. The highest BCUT2D eigenvalue weighted by Gasteiger charge is 2.07. The fourth-order valence-corrected chi connectivity index (χ4v) is 0.594. The third kappa shape index (κ3) is 3.41. The van der Waals surface area contributed by atoms with Gasteiger partial charge in [-0.05, 0) is 5.92 Å². The second-order valence-electron chi connectivity index (χ2n) is 2.43. The van der Waals surface area contributed by atoms with Gasteiger partial charge in [0.15, 0.2) is 0 Å². The average Bonchev–Trinajstić information content (AvgIpc) is 1.98. The van der Waals surface area contributed by atoms with Crippen LogP contribution in [0.2, 0.25) is 0 Å². The molecular formula is C8H11NO2. The van der Waals surface area contributed by atoms with Crippen molar-refractivity contribution in [1.29, 1.82) is 5.26 Å². The molecule has 0 heterocycles. The van der Waals surface area contributed by atoms with Crippen LogP contribution in [0.1, 0.15) is 13.8 Å². The van der Waals surface area contributed by atoms with Crippen LogP contribution in [-0.4, -0.2) is 13.1 Å². The van der Waals surface area contributed by atoms with Crippen LogP contribution in [0, 0.1) is 17.2 Å². The summed E-state index contributed by atoms with van der Waals surface area (Å²) >= 11 is 0. The Morgan fingerprint density at radius 1 is 1.64 bits per heavy atom. The number of rotatable bonds is 2. The van der Waals surface area contributed by atoms with E-state index < -0.39 is 5.97 Å². The molecule has 3 heteroatoms. The summed E-state index contributed by atoms with van der Waals surface area (Å²) in [4.78, 5) is 10.8. The van der Waals surface area contributed by atoms with Crippen molar-refractivity contribution in [3.8, 4) is 6.07 Å². The van der Waals surface area contributed by atoms with E-state index in [1.807, 2.05) is 13.8 Å². The Balaban J connectivity index is 4.43. The second kappa shape index (κ2) is 4.51. The standard InChI is InChI=1S/C8H11NO2/c1-6(2)4-7(5-9)8(10)11-3/h4,6H,1-3H3/b7-4-. The first-order valence-corrected chi connectivity index (χ1v) is 3.32. The summed E-state index contributed by atoms with van der Waals surface area (Å²) in [6, 6.07) is 1.77. The molecule has 0 aliphatic rings. The highest BCUT2D eigenvalue weighted by molar-refractivity contribution is 5.92. The number of hydrogen-bond acceptors (Lipinski definition) is 3. The van der Waals surface area contributed by atoms with Gasteiger partial charge in [0.1, 0.15) is 11.6 Å². The Morgan fingerprint density at radius 3 is 2.45 bits per heavy atom. The van der Waals surface area contributed by atoms with E-state index in [-0.39, 0.29) is 11.5 Å². The third-order valence-electron chi connectivity index (χ3n) is 1.03. The lowest BCUT2D eigenvalue weighted by atomic mass is 10.1. The largest absolute Gasteiger partial charge is 0.465 e. The Kier molecular flexibility index (Phi) is 3.97. The summed E-state index contributed by atoms with van der Waals surface area (Å²) in [5.41, 5.74) is 0.0718. The first-order valence-electron chi connectivity index (χ1n) is 3.32. The quantitative estimate of drug-likeness (QED) is 0.341. The topological polar surface area (TPSA) is 50.1 Å². The molecule has 0 radical (unpaired) electrons. The molecule has 0 aromatic heterocycles.